The van der Waals surface area contributed by atoms with Crippen molar-refractivity contribution >= 4 is 0 Å². The van der Waals surface area contributed by atoms with Crippen LogP contribution in [-0.2, 0) is 4.74 Å². The molecule has 2 rings (SSSR count). The second-order valence-corrected chi connectivity index (χ2v) is 4.34. The van der Waals surface area contributed by atoms with Gasteiger partial charge in [-0.3, -0.25) is 9.78 Å². The highest BCUT2D eigenvalue weighted by Crippen LogP contribution is 2.31. The Hall–Kier alpha value is -1.88. The molecule has 0 radical (unpaired) electrons. The maximum absolute atomic E-state index is 11.7. The number of aliphatic hydroxyl groups is 1. The summed E-state index contributed by atoms with van der Waals surface area (Å²) in [6.07, 6.45) is -1.24. The van der Waals surface area contributed by atoms with Crippen LogP contribution in [0.15, 0.2) is 9.59 Å². The zero-order valence-electron chi connectivity index (χ0n) is 10.4. The highest BCUT2D eigenvalue weighted by atomic mass is 16.5. The first-order chi connectivity index (χ1) is 9.02. The van der Waals surface area contributed by atoms with Crippen molar-refractivity contribution in [3.8, 4) is 11.8 Å². The van der Waals surface area contributed by atoms with Crippen molar-refractivity contribution in [1.82, 2.24) is 9.97 Å². The van der Waals surface area contributed by atoms with Crippen LogP contribution in [0, 0.1) is 11.8 Å². The van der Waals surface area contributed by atoms with E-state index < -0.39 is 23.5 Å². The van der Waals surface area contributed by atoms with Crippen LogP contribution in [0.1, 0.15) is 30.7 Å². The molecule has 1 fully saturated rings. The first-order valence-electron chi connectivity index (χ1n) is 5.92. The summed E-state index contributed by atoms with van der Waals surface area (Å²) in [4.78, 5) is 27.7. The molecule has 1 aromatic heterocycles. The second kappa shape index (κ2) is 5.40. The van der Waals surface area contributed by atoms with Crippen molar-refractivity contribution in [1.29, 1.82) is 0 Å². The molecular formula is C12H15N3O4. The number of aliphatic hydroxyl groups excluding tert-OH is 1. The molecule has 19 heavy (non-hydrogen) atoms. The van der Waals surface area contributed by atoms with Gasteiger partial charge in [-0.05, 0) is 6.92 Å². The van der Waals surface area contributed by atoms with Gasteiger partial charge < -0.3 is 20.6 Å². The fraction of sp³-hybridized carbons (Fsp3) is 0.500. The number of hydrogen-bond donors (Lipinski definition) is 4. The lowest BCUT2D eigenvalue weighted by Crippen LogP contribution is -2.28. The lowest BCUT2D eigenvalue weighted by molar-refractivity contribution is 0.0200. The molecule has 1 aromatic rings. The molecule has 7 heteroatoms. The zero-order valence-corrected chi connectivity index (χ0v) is 10.4. The second-order valence-electron chi connectivity index (χ2n) is 4.34. The molecule has 1 saturated heterocycles. The monoisotopic (exact) mass is 265 g/mol. The van der Waals surface area contributed by atoms with E-state index in [0.29, 0.717) is 6.42 Å². The average Bonchev–Trinajstić information content (AvgIpc) is 2.68. The van der Waals surface area contributed by atoms with Gasteiger partial charge in [0, 0.05) is 6.42 Å². The minimum absolute atomic E-state index is 0.0998. The normalized spacial score (nSPS) is 25.9. The van der Waals surface area contributed by atoms with E-state index in [4.69, 9.17) is 10.5 Å². The summed E-state index contributed by atoms with van der Waals surface area (Å²) >= 11 is 0. The number of rotatable bonds is 1. The van der Waals surface area contributed by atoms with Crippen molar-refractivity contribution in [2.45, 2.75) is 31.7 Å². The predicted molar refractivity (Wildman–Crippen MR) is 67.5 cm³/mol. The number of ether oxygens (including phenoxy) is 1. The highest BCUT2D eigenvalue weighted by Gasteiger charge is 2.34. The third-order valence-electron chi connectivity index (χ3n) is 2.99. The molecular weight excluding hydrogens is 250 g/mol. The SMILES string of the molecule is CC1OC(c2[nH]c(=O)[nH]c(=O)c2C#CCN)CC1O. The Labute approximate surface area is 108 Å². The Morgan fingerprint density at radius 1 is 1.47 bits per heavy atom. The first kappa shape index (κ1) is 13.5. The Bertz CT molecular complexity index is 627. The molecule has 0 spiro atoms. The molecule has 0 amide bonds. The molecule has 102 valence electrons. The quantitative estimate of drug-likeness (QED) is 0.464. The first-order valence-corrected chi connectivity index (χ1v) is 5.92. The van der Waals surface area contributed by atoms with Crippen LogP contribution in [0.2, 0.25) is 0 Å². The molecule has 1 aliphatic heterocycles. The molecule has 2 heterocycles. The smallest absolute Gasteiger partial charge is 0.326 e. The number of hydrogen-bond acceptors (Lipinski definition) is 5. The van der Waals surface area contributed by atoms with Crippen LogP contribution in [0.4, 0.5) is 0 Å². The van der Waals surface area contributed by atoms with Gasteiger partial charge in [-0.2, -0.15) is 0 Å². The molecule has 5 N–H and O–H groups in total. The molecule has 0 saturated carbocycles. The van der Waals surface area contributed by atoms with Crippen LogP contribution in [-0.4, -0.2) is 33.8 Å². The van der Waals surface area contributed by atoms with Crippen molar-refractivity contribution in [2.24, 2.45) is 5.73 Å². The van der Waals surface area contributed by atoms with Crippen molar-refractivity contribution in [2.75, 3.05) is 6.54 Å². The Kier molecular flexibility index (Phi) is 3.85. The van der Waals surface area contributed by atoms with E-state index >= 15 is 0 Å². The number of nitrogens with two attached hydrogens (primary N) is 1. The molecule has 0 aromatic carbocycles. The van der Waals surface area contributed by atoms with Crippen molar-refractivity contribution in [3.05, 3.63) is 32.1 Å². The number of nitrogens with one attached hydrogen (secondary N) is 2. The summed E-state index contributed by atoms with van der Waals surface area (Å²) in [5.74, 6) is 5.19. The van der Waals surface area contributed by atoms with E-state index in [0.717, 1.165) is 0 Å². The van der Waals surface area contributed by atoms with Crippen molar-refractivity contribution in [3.63, 3.8) is 0 Å². The van der Waals surface area contributed by atoms with Gasteiger partial charge in [0.1, 0.15) is 11.7 Å². The van der Waals surface area contributed by atoms with Crippen LogP contribution in [0.25, 0.3) is 0 Å². The highest BCUT2D eigenvalue weighted by molar-refractivity contribution is 5.37. The number of H-pyrrole nitrogens is 2. The van der Waals surface area contributed by atoms with E-state index in [1.807, 2.05) is 0 Å². The molecule has 3 unspecified atom stereocenters. The summed E-state index contributed by atoms with van der Waals surface area (Å²) in [5.41, 5.74) is 4.47. The predicted octanol–water partition coefficient (Wildman–Crippen LogP) is -1.42. The van der Waals surface area contributed by atoms with Crippen LogP contribution in [0.5, 0.6) is 0 Å². The Morgan fingerprint density at radius 3 is 2.79 bits per heavy atom. The summed E-state index contributed by atoms with van der Waals surface area (Å²) in [6, 6.07) is 0. The van der Waals surface area contributed by atoms with Gasteiger partial charge >= 0.3 is 5.69 Å². The Balaban J connectivity index is 2.50. The van der Waals surface area contributed by atoms with E-state index in [-0.39, 0.29) is 23.9 Å². The summed E-state index contributed by atoms with van der Waals surface area (Å²) in [5, 5.41) is 9.68. The van der Waals surface area contributed by atoms with Gasteiger partial charge in [-0.15, -0.1) is 0 Å². The van der Waals surface area contributed by atoms with Gasteiger partial charge in [0.05, 0.1) is 24.4 Å². The van der Waals surface area contributed by atoms with E-state index in [1.54, 1.807) is 6.92 Å². The number of aromatic nitrogens is 2. The van der Waals surface area contributed by atoms with Crippen LogP contribution >= 0.6 is 0 Å². The zero-order chi connectivity index (χ0) is 14.0. The van der Waals surface area contributed by atoms with Gasteiger partial charge in [-0.1, -0.05) is 11.8 Å². The van der Waals surface area contributed by atoms with Crippen molar-refractivity contribution < 1.29 is 9.84 Å². The molecule has 3 atom stereocenters. The molecule has 1 aliphatic rings. The third kappa shape index (κ3) is 2.76. The topological polar surface area (TPSA) is 121 Å². The molecule has 0 aliphatic carbocycles. The lowest BCUT2D eigenvalue weighted by Gasteiger charge is -2.11. The standard InChI is InChI=1S/C12H15N3O4/c1-6-8(16)5-9(19-6)10-7(3-2-4-13)11(17)15-12(18)14-10/h6,8-9,16H,4-5,13H2,1H3,(H2,14,15,17,18). The minimum Gasteiger partial charge on any atom is -0.390 e. The fourth-order valence-corrected chi connectivity index (χ4v) is 2.01. The maximum Gasteiger partial charge on any atom is 0.326 e. The summed E-state index contributed by atoms with van der Waals surface area (Å²) in [6.45, 7) is 1.82. The summed E-state index contributed by atoms with van der Waals surface area (Å²) in [7, 11) is 0. The van der Waals surface area contributed by atoms with E-state index in [1.165, 1.54) is 0 Å². The van der Waals surface area contributed by atoms with E-state index in [9.17, 15) is 14.7 Å². The molecule has 0 bridgehead atoms. The van der Waals surface area contributed by atoms with Gasteiger partial charge in [0.2, 0.25) is 0 Å². The summed E-state index contributed by atoms with van der Waals surface area (Å²) < 4.78 is 5.52. The Morgan fingerprint density at radius 2 is 2.21 bits per heavy atom. The fourth-order valence-electron chi connectivity index (χ4n) is 2.01. The maximum atomic E-state index is 11.7. The lowest BCUT2D eigenvalue weighted by atomic mass is 10.1. The molecule has 7 nitrogen and oxygen atoms in total. The van der Waals surface area contributed by atoms with Crippen LogP contribution in [0.3, 0.4) is 0 Å². The number of aromatic amines is 2. The van der Waals surface area contributed by atoms with Crippen LogP contribution < -0.4 is 17.0 Å². The minimum atomic E-state index is -0.636. The van der Waals surface area contributed by atoms with Gasteiger partial charge in [0.15, 0.2) is 0 Å². The van der Waals surface area contributed by atoms with E-state index in [2.05, 4.69) is 21.8 Å². The average molecular weight is 265 g/mol. The van der Waals surface area contributed by atoms with Gasteiger partial charge in [0.25, 0.3) is 5.56 Å². The largest absolute Gasteiger partial charge is 0.390 e. The third-order valence-corrected chi connectivity index (χ3v) is 2.99. The van der Waals surface area contributed by atoms with Gasteiger partial charge in [-0.25, -0.2) is 4.79 Å².